The normalized spacial score (nSPS) is 11.1. The molecular formula is C21H22N2O4. The van der Waals surface area contributed by atoms with Gasteiger partial charge in [0.15, 0.2) is 11.6 Å². The zero-order chi connectivity index (χ0) is 19.6. The Labute approximate surface area is 156 Å². The lowest BCUT2D eigenvalue weighted by atomic mass is 10.0. The van der Waals surface area contributed by atoms with Crippen LogP contribution in [0.4, 0.5) is 0 Å². The van der Waals surface area contributed by atoms with Crippen molar-refractivity contribution in [1.82, 2.24) is 10.0 Å². The predicted molar refractivity (Wildman–Crippen MR) is 103 cm³/mol. The molecule has 2 aromatic carbocycles. The number of Topliss-reactive ketones (excluding diaryl/α,β-unsaturated/α-hetero) is 2. The maximum Gasteiger partial charge on any atom is 0.243 e. The number of aryl methyl sites for hydroxylation is 1. The molecule has 0 saturated heterocycles. The smallest absolute Gasteiger partial charge is 0.243 e. The molecular weight excluding hydrogens is 344 g/mol. The van der Waals surface area contributed by atoms with Gasteiger partial charge >= 0.3 is 0 Å². The Morgan fingerprint density at radius 3 is 1.85 bits per heavy atom. The summed E-state index contributed by atoms with van der Waals surface area (Å²) in [4.78, 5) is 34.8. The Morgan fingerprint density at radius 2 is 1.41 bits per heavy atom. The average molecular weight is 366 g/mol. The van der Waals surface area contributed by atoms with Gasteiger partial charge in [-0.2, -0.15) is 0 Å². The first-order valence-electron chi connectivity index (χ1n) is 8.93. The lowest BCUT2D eigenvalue weighted by Crippen LogP contribution is -2.17. The number of hydrogen-bond acceptors (Lipinski definition) is 4. The molecule has 140 valence electrons. The Hall–Kier alpha value is -2.99. The van der Waals surface area contributed by atoms with Crippen LogP contribution in [0.5, 0.6) is 0 Å². The van der Waals surface area contributed by atoms with Gasteiger partial charge in [-0.3, -0.25) is 19.6 Å². The van der Waals surface area contributed by atoms with Crippen molar-refractivity contribution in [3.8, 4) is 0 Å². The molecule has 3 aromatic rings. The molecule has 0 atom stereocenters. The Balaban J connectivity index is 2.06. The fraction of sp³-hybridized carbons (Fsp3) is 0.286. The first kappa shape index (κ1) is 18.8. The number of fused-ring (bicyclic) bond motifs is 3. The van der Waals surface area contributed by atoms with Crippen LogP contribution in [-0.2, 0) is 11.3 Å². The van der Waals surface area contributed by atoms with Crippen molar-refractivity contribution in [3.63, 3.8) is 0 Å². The number of hydroxylamine groups is 1. The summed E-state index contributed by atoms with van der Waals surface area (Å²) >= 11 is 0. The van der Waals surface area contributed by atoms with Gasteiger partial charge in [0.05, 0.1) is 0 Å². The van der Waals surface area contributed by atoms with Crippen molar-refractivity contribution < 1.29 is 19.6 Å². The number of carbonyl (C=O) groups excluding carboxylic acids is 3. The Bertz CT molecular complexity index is 978. The average Bonchev–Trinajstić information content (AvgIpc) is 2.97. The van der Waals surface area contributed by atoms with E-state index in [1.54, 1.807) is 5.48 Å². The van der Waals surface area contributed by atoms with Crippen LogP contribution in [0, 0.1) is 0 Å². The first-order valence-corrected chi connectivity index (χ1v) is 8.93. The van der Waals surface area contributed by atoms with Gasteiger partial charge in [-0.15, -0.1) is 0 Å². The number of ketones is 2. The molecule has 1 heterocycles. The van der Waals surface area contributed by atoms with Crippen LogP contribution in [0.2, 0.25) is 0 Å². The predicted octanol–water partition coefficient (Wildman–Crippen LogP) is 3.88. The van der Waals surface area contributed by atoms with E-state index < -0.39 is 5.91 Å². The summed E-state index contributed by atoms with van der Waals surface area (Å²) in [5.74, 6) is -0.402. The number of nitrogens with zero attached hydrogens (tertiary/aromatic N) is 1. The van der Waals surface area contributed by atoms with Gasteiger partial charge in [0.1, 0.15) is 0 Å². The second-order valence-electron chi connectivity index (χ2n) is 6.72. The SMILES string of the molecule is CC(=O)c1ccc2c(c1)c1cc(C(C)=O)ccc1n2CCCCC(=O)NO. The van der Waals surface area contributed by atoms with Gasteiger partial charge in [0.2, 0.25) is 5.91 Å². The van der Waals surface area contributed by atoms with E-state index >= 15 is 0 Å². The van der Waals surface area contributed by atoms with E-state index in [-0.39, 0.29) is 18.0 Å². The monoisotopic (exact) mass is 366 g/mol. The molecule has 0 saturated carbocycles. The van der Waals surface area contributed by atoms with E-state index in [2.05, 4.69) is 4.57 Å². The first-order chi connectivity index (χ1) is 12.9. The summed E-state index contributed by atoms with van der Waals surface area (Å²) in [6, 6.07) is 11.2. The number of unbranched alkanes of at least 4 members (excludes halogenated alkanes) is 1. The number of benzene rings is 2. The molecule has 1 amide bonds. The molecule has 3 rings (SSSR count). The summed E-state index contributed by atoms with van der Waals surface area (Å²) in [6.07, 6.45) is 1.66. The summed E-state index contributed by atoms with van der Waals surface area (Å²) in [6.45, 7) is 3.76. The zero-order valence-electron chi connectivity index (χ0n) is 15.4. The highest BCUT2D eigenvalue weighted by molar-refractivity contribution is 6.12. The highest BCUT2D eigenvalue weighted by Gasteiger charge is 2.14. The number of amides is 1. The number of hydrogen-bond donors (Lipinski definition) is 2. The van der Waals surface area contributed by atoms with Gasteiger partial charge in [-0.05, 0) is 63.1 Å². The number of carbonyl (C=O) groups is 3. The lowest BCUT2D eigenvalue weighted by molar-refractivity contribution is -0.129. The van der Waals surface area contributed by atoms with Crippen LogP contribution in [0.3, 0.4) is 0 Å². The van der Waals surface area contributed by atoms with Gasteiger partial charge < -0.3 is 4.57 Å². The van der Waals surface area contributed by atoms with Gasteiger partial charge in [0.25, 0.3) is 0 Å². The molecule has 1 aromatic heterocycles. The minimum atomic E-state index is -0.394. The van der Waals surface area contributed by atoms with E-state index in [1.165, 1.54) is 13.8 Å². The second kappa shape index (κ2) is 7.72. The number of aromatic nitrogens is 1. The minimum Gasteiger partial charge on any atom is -0.340 e. The van der Waals surface area contributed by atoms with E-state index in [4.69, 9.17) is 5.21 Å². The van der Waals surface area contributed by atoms with Gasteiger partial charge in [0, 0.05) is 45.9 Å². The van der Waals surface area contributed by atoms with Crippen LogP contribution in [-0.4, -0.2) is 27.2 Å². The standard InChI is InChI=1S/C21H22N2O4/c1-13(24)15-6-8-19-17(11-15)18-12-16(14(2)25)7-9-20(18)23(19)10-4-3-5-21(26)22-27/h6-9,11-12,27H,3-5,10H2,1-2H3,(H,22,26). The van der Waals surface area contributed by atoms with Crippen LogP contribution >= 0.6 is 0 Å². The minimum absolute atomic E-state index is 0.00413. The summed E-state index contributed by atoms with van der Waals surface area (Å²) < 4.78 is 2.15. The van der Waals surface area contributed by atoms with Crippen LogP contribution in [0.25, 0.3) is 21.8 Å². The molecule has 0 aliphatic rings. The zero-order valence-corrected chi connectivity index (χ0v) is 15.4. The van der Waals surface area contributed by atoms with Crippen molar-refractivity contribution in [2.24, 2.45) is 0 Å². The third-order valence-corrected chi connectivity index (χ3v) is 4.84. The fourth-order valence-corrected chi connectivity index (χ4v) is 3.39. The molecule has 6 heteroatoms. The maximum atomic E-state index is 11.8. The largest absolute Gasteiger partial charge is 0.340 e. The molecule has 27 heavy (non-hydrogen) atoms. The van der Waals surface area contributed by atoms with Crippen LogP contribution < -0.4 is 5.48 Å². The molecule has 0 spiro atoms. The second-order valence-corrected chi connectivity index (χ2v) is 6.72. The van der Waals surface area contributed by atoms with E-state index in [0.717, 1.165) is 28.2 Å². The van der Waals surface area contributed by atoms with E-state index in [9.17, 15) is 14.4 Å². The molecule has 0 radical (unpaired) electrons. The van der Waals surface area contributed by atoms with E-state index in [1.807, 2.05) is 36.4 Å². The van der Waals surface area contributed by atoms with Crippen LogP contribution in [0.1, 0.15) is 53.8 Å². The maximum absolute atomic E-state index is 11.8. The molecule has 0 aliphatic carbocycles. The molecule has 0 bridgehead atoms. The highest BCUT2D eigenvalue weighted by atomic mass is 16.5. The summed E-state index contributed by atoms with van der Waals surface area (Å²) in [5, 5.41) is 10.5. The highest BCUT2D eigenvalue weighted by Crippen LogP contribution is 2.31. The number of rotatable bonds is 7. The number of nitrogens with one attached hydrogen (secondary N) is 1. The summed E-state index contributed by atoms with van der Waals surface area (Å²) in [7, 11) is 0. The Morgan fingerprint density at radius 1 is 0.889 bits per heavy atom. The van der Waals surface area contributed by atoms with Crippen molar-refractivity contribution in [1.29, 1.82) is 0 Å². The quantitative estimate of drug-likeness (QED) is 0.287. The van der Waals surface area contributed by atoms with Crippen molar-refractivity contribution in [3.05, 3.63) is 47.5 Å². The molecule has 2 N–H and O–H groups in total. The van der Waals surface area contributed by atoms with Crippen LogP contribution in [0.15, 0.2) is 36.4 Å². The topological polar surface area (TPSA) is 88.4 Å². The van der Waals surface area contributed by atoms with Crippen molar-refractivity contribution in [2.45, 2.75) is 39.7 Å². The molecule has 0 aliphatic heterocycles. The molecule has 6 nitrogen and oxygen atoms in total. The summed E-state index contributed by atoms with van der Waals surface area (Å²) in [5.41, 5.74) is 4.89. The van der Waals surface area contributed by atoms with Crippen molar-refractivity contribution >= 4 is 39.3 Å². The van der Waals surface area contributed by atoms with Crippen molar-refractivity contribution in [2.75, 3.05) is 0 Å². The third-order valence-electron chi connectivity index (χ3n) is 4.84. The third kappa shape index (κ3) is 3.75. The molecule has 0 fully saturated rings. The molecule has 0 unspecified atom stereocenters. The Kier molecular flexibility index (Phi) is 5.37. The lowest BCUT2D eigenvalue weighted by Gasteiger charge is -2.08. The van der Waals surface area contributed by atoms with E-state index in [0.29, 0.717) is 24.1 Å². The van der Waals surface area contributed by atoms with Gasteiger partial charge in [-0.1, -0.05) is 0 Å². The van der Waals surface area contributed by atoms with Gasteiger partial charge in [-0.25, -0.2) is 5.48 Å². The fourth-order valence-electron chi connectivity index (χ4n) is 3.39.